The van der Waals surface area contributed by atoms with Crippen LogP contribution in [0, 0.1) is 17.0 Å². The fourth-order valence-corrected chi connectivity index (χ4v) is 2.11. The number of non-ortho nitro benzene ring substituents is 1. The molecule has 2 aromatic rings. The summed E-state index contributed by atoms with van der Waals surface area (Å²) in [7, 11) is 3.17. The maximum atomic E-state index is 10.7. The predicted octanol–water partition coefficient (Wildman–Crippen LogP) is 2.88. The number of aryl methyl sites for hydroxylation is 2. The summed E-state index contributed by atoms with van der Waals surface area (Å²) in [5, 5.41) is 15.4. The number of methoxy groups -OCH3 is 1. The monoisotopic (exact) mass is 311 g/mol. The number of nitro benzene ring substituents is 1. The van der Waals surface area contributed by atoms with Gasteiger partial charge >= 0.3 is 0 Å². The normalized spacial score (nSPS) is 10.5. The molecule has 0 spiro atoms. The topological polar surface area (TPSA) is 79.4 Å². The van der Waals surface area contributed by atoms with Gasteiger partial charge in [0, 0.05) is 18.7 Å². The molecular weight excluding hydrogens is 298 g/mol. The molecule has 112 valence electrons. The fraction of sp³-hybridized carbons (Fsp3) is 0.308. The molecule has 1 aromatic heterocycles. The quantitative estimate of drug-likeness (QED) is 0.626. The van der Waals surface area contributed by atoms with Gasteiger partial charge in [0.1, 0.15) is 11.8 Å². The standard InChI is InChI=1S/C13H14ClN3O4/c1-8-10(13(14)16(2)15-8)7-21-11-5-4-9(17(18)19)6-12(11)20-3/h4-6H,7H2,1-3H3. The highest BCUT2D eigenvalue weighted by atomic mass is 35.5. The van der Waals surface area contributed by atoms with Gasteiger partial charge in [0.25, 0.3) is 5.69 Å². The summed E-state index contributed by atoms with van der Waals surface area (Å²) in [6.07, 6.45) is 0. The summed E-state index contributed by atoms with van der Waals surface area (Å²) in [6.45, 7) is 2.03. The minimum Gasteiger partial charge on any atom is -0.493 e. The van der Waals surface area contributed by atoms with Gasteiger partial charge < -0.3 is 9.47 Å². The molecule has 0 aliphatic carbocycles. The summed E-state index contributed by atoms with van der Waals surface area (Å²) in [5.74, 6) is 0.698. The van der Waals surface area contributed by atoms with Crippen LogP contribution in [0.2, 0.25) is 5.15 Å². The molecular formula is C13H14ClN3O4. The lowest BCUT2D eigenvalue weighted by Gasteiger charge is -2.10. The average Bonchev–Trinajstić information content (AvgIpc) is 2.70. The predicted molar refractivity (Wildman–Crippen MR) is 76.9 cm³/mol. The fourth-order valence-electron chi connectivity index (χ4n) is 1.88. The van der Waals surface area contributed by atoms with Crippen molar-refractivity contribution in [3.05, 3.63) is 44.7 Å². The van der Waals surface area contributed by atoms with Gasteiger partial charge in [-0.1, -0.05) is 11.6 Å². The van der Waals surface area contributed by atoms with E-state index < -0.39 is 4.92 Å². The number of benzene rings is 1. The molecule has 0 fully saturated rings. The van der Waals surface area contributed by atoms with Gasteiger partial charge in [0.05, 0.1) is 23.8 Å². The molecule has 2 rings (SSSR count). The Morgan fingerprint density at radius 1 is 1.43 bits per heavy atom. The van der Waals surface area contributed by atoms with Crippen LogP contribution >= 0.6 is 11.6 Å². The van der Waals surface area contributed by atoms with Crippen molar-refractivity contribution in [3.8, 4) is 11.5 Å². The van der Waals surface area contributed by atoms with E-state index in [1.165, 1.54) is 25.3 Å². The van der Waals surface area contributed by atoms with E-state index in [1.807, 2.05) is 6.92 Å². The highest BCUT2D eigenvalue weighted by Crippen LogP contribution is 2.32. The summed E-state index contributed by atoms with van der Waals surface area (Å²) in [6, 6.07) is 4.17. The third-order valence-electron chi connectivity index (χ3n) is 3.00. The Morgan fingerprint density at radius 2 is 2.14 bits per heavy atom. The molecule has 0 amide bonds. The lowest BCUT2D eigenvalue weighted by molar-refractivity contribution is -0.385. The lowest BCUT2D eigenvalue weighted by atomic mass is 10.2. The number of aromatic nitrogens is 2. The van der Waals surface area contributed by atoms with E-state index >= 15 is 0 Å². The molecule has 0 bridgehead atoms. The molecule has 21 heavy (non-hydrogen) atoms. The number of ether oxygens (including phenoxy) is 2. The van der Waals surface area contributed by atoms with Crippen LogP contribution in [0.15, 0.2) is 18.2 Å². The van der Waals surface area contributed by atoms with Gasteiger partial charge in [0.2, 0.25) is 0 Å². The Kier molecular flexibility index (Phi) is 4.32. The van der Waals surface area contributed by atoms with Crippen LogP contribution in [-0.2, 0) is 13.7 Å². The van der Waals surface area contributed by atoms with Crippen LogP contribution < -0.4 is 9.47 Å². The second-order valence-electron chi connectivity index (χ2n) is 4.36. The zero-order chi connectivity index (χ0) is 15.6. The van der Waals surface area contributed by atoms with Crippen molar-refractivity contribution in [2.24, 2.45) is 7.05 Å². The van der Waals surface area contributed by atoms with Crippen LogP contribution in [0.1, 0.15) is 11.3 Å². The maximum absolute atomic E-state index is 10.7. The molecule has 0 atom stereocenters. The molecule has 0 unspecified atom stereocenters. The summed E-state index contributed by atoms with van der Waals surface area (Å²) < 4.78 is 12.3. The molecule has 0 saturated heterocycles. The zero-order valence-corrected chi connectivity index (χ0v) is 12.5. The molecule has 0 aliphatic rings. The smallest absolute Gasteiger partial charge is 0.273 e. The van der Waals surface area contributed by atoms with Gasteiger partial charge in [-0.3, -0.25) is 14.8 Å². The largest absolute Gasteiger partial charge is 0.493 e. The number of nitrogens with zero attached hydrogens (tertiary/aromatic N) is 3. The van der Waals surface area contributed by atoms with Crippen molar-refractivity contribution in [3.63, 3.8) is 0 Å². The third kappa shape index (κ3) is 3.08. The average molecular weight is 312 g/mol. The van der Waals surface area contributed by atoms with Gasteiger partial charge in [0.15, 0.2) is 11.5 Å². The van der Waals surface area contributed by atoms with Crippen LogP contribution in [0.3, 0.4) is 0 Å². The first kappa shape index (κ1) is 15.1. The Balaban J connectivity index is 2.22. The lowest BCUT2D eigenvalue weighted by Crippen LogP contribution is -2.00. The number of nitro groups is 1. The highest BCUT2D eigenvalue weighted by molar-refractivity contribution is 6.30. The summed E-state index contributed by atoms with van der Waals surface area (Å²) in [5.41, 5.74) is 1.47. The van der Waals surface area contributed by atoms with Crippen molar-refractivity contribution in [1.29, 1.82) is 0 Å². The van der Waals surface area contributed by atoms with Crippen LogP contribution in [-0.4, -0.2) is 21.8 Å². The SMILES string of the molecule is COc1cc([N+](=O)[O-])ccc1OCc1c(C)nn(C)c1Cl. The molecule has 8 heteroatoms. The molecule has 0 saturated carbocycles. The Labute approximate surface area is 126 Å². The van der Waals surface area contributed by atoms with Crippen LogP contribution in [0.4, 0.5) is 5.69 Å². The summed E-state index contributed by atoms with van der Waals surface area (Å²) in [4.78, 5) is 10.2. The molecule has 7 nitrogen and oxygen atoms in total. The van der Waals surface area contributed by atoms with Crippen molar-refractivity contribution < 1.29 is 14.4 Å². The first-order valence-corrected chi connectivity index (χ1v) is 6.45. The molecule has 0 aliphatic heterocycles. The second kappa shape index (κ2) is 6.01. The van der Waals surface area contributed by atoms with Crippen molar-refractivity contribution in [1.82, 2.24) is 9.78 Å². The Hall–Kier alpha value is -2.28. The van der Waals surface area contributed by atoms with Crippen molar-refractivity contribution >= 4 is 17.3 Å². The zero-order valence-electron chi connectivity index (χ0n) is 11.8. The van der Waals surface area contributed by atoms with E-state index in [0.717, 1.165) is 11.3 Å². The third-order valence-corrected chi connectivity index (χ3v) is 3.47. The van der Waals surface area contributed by atoms with Crippen LogP contribution in [0.25, 0.3) is 0 Å². The van der Waals surface area contributed by atoms with Gasteiger partial charge in [-0.05, 0) is 13.0 Å². The second-order valence-corrected chi connectivity index (χ2v) is 4.72. The van der Waals surface area contributed by atoms with E-state index in [0.29, 0.717) is 16.7 Å². The summed E-state index contributed by atoms with van der Waals surface area (Å²) >= 11 is 6.12. The molecule has 1 heterocycles. The van der Waals surface area contributed by atoms with E-state index in [4.69, 9.17) is 21.1 Å². The molecule has 0 N–H and O–H groups in total. The Bertz CT molecular complexity index is 684. The first-order chi connectivity index (χ1) is 9.93. The minimum absolute atomic E-state index is 0.0604. The first-order valence-electron chi connectivity index (χ1n) is 6.07. The van der Waals surface area contributed by atoms with Gasteiger partial charge in [-0.25, -0.2) is 0 Å². The van der Waals surface area contributed by atoms with E-state index in [-0.39, 0.29) is 12.3 Å². The van der Waals surface area contributed by atoms with Crippen molar-refractivity contribution in [2.45, 2.75) is 13.5 Å². The Morgan fingerprint density at radius 3 is 2.67 bits per heavy atom. The minimum atomic E-state index is -0.492. The molecule has 0 radical (unpaired) electrons. The number of hydrogen-bond donors (Lipinski definition) is 0. The van der Waals surface area contributed by atoms with Gasteiger partial charge in [-0.2, -0.15) is 5.10 Å². The van der Waals surface area contributed by atoms with Crippen molar-refractivity contribution in [2.75, 3.05) is 7.11 Å². The van der Waals surface area contributed by atoms with Crippen LogP contribution in [0.5, 0.6) is 11.5 Å². The van der Waals surface area contributed by atoms with Gasteiger partial charge in [-0.15, -0.1) is 0 Å². The van der Waals surface area contributed by atoms with E-state index in [2.05, 4.69) is 5.10 Å². The number of halogens is 1. The number of rotatable bonds is 5. The van der Waals surface area contributed by atoms with E-state index in [9.17, 15) is 10.1 Å². The maximum Gasteiger partial charge on any atom is 0.273 e. The molecule has 1 aromatic carbocycles. The number of hydrogen-bond acceptors (Lipinski definition) is 5. The van der Waals surface area contributed by atoms with E-state index in [1.54, 1.807) is 11.7 Å². The highest BCUT2D eigenvalue weighted by Gasteiger charge is 2.15.